The molecule has 6 nitrogen and oxygen atoms in total. The van der Waals surface area contributed by atoms with Crippen molar-refractivity contribution in [1.29, 1.82) is 5.26 Å². The molecular weight excluding hydrogens is 352 g/mol. The quantitative estimate of drug-likeness (QED) is 0.630. The zero-order valence-electron chi connectivity index (χ0n) is 16.5. The van der Waals surface area contributed by atoms with Gasteiger partial charge in [0, 0.05) is 35.9 Å². The van der Waals surface area contributed by atoms with Crippen LogP contribution in [0.1, 0.15) is 29.2 Å². The monoisotopic (exact) mass is 381 g/mol. The van der Waals surface area contributed by atoms with Crippen LogP contribution in [-0.4, -0.2) is 72.0 Å². The molecule has 148 valence electrons. The third-order valence-electron chi connectivity index (χ3n) is 7.25. The number of nitriles is 1. The van der Waals surface area contributed by atoms with Gasteiger partial charge in [-0.2, -0.15) is 5.26 Å². The third kappa shape index (κ3) is 2.81. The number of hydrogen-bond donors (Lipinski definition) is 2. The number of likely N-dealkylation sites (tertiary alicyclic amines) is 1. The number of benzene rings is 1. The normalized spacial score (nSPS) is 28.8. The minimum absolute atomic E-state index is 0.153. The molecule has 2 aromatic rings. The number of quaternary nitrogens is 1. The van der Waals surface area contributed by atoms with Crippen LogP contribution in [0.5, 0.6) is 0 Å². The number of fused-ring (bicyclic) bond motifs is 2. The van der Waals surface area contributed by atoms with Crippen LogP contribution in [0.2, 0.25) is 0 Å². The van der Waals surface area contributed by atoms with Crippen molar-refractivity contribution in [1.82, 2.24) is 9.88 Å². The van der Waals surface area contributed by atoms with Gasteiger partial charge < -0.3 is 24.2 Å². The molecule has 3 heterocycles. The minimum Gasteiger partial charge on any atom is -0.396 e. The van der Waals surface area contributed by atoms with Crippen LogP contribution in [0.15, 0.2) is 18.2 Å². The van der Waals surface area contributed by atoms with E-state index >= 15 is 0 Å². The number of aliphatic hydroxyl groups is 1. The largest absolute Gasteiger partial charge is 0.396 e. The smallest absolute Gasteiger partial charge is 0.179 e. The van der Waals surface area contributed by atoms with Gasteiger partial charge in [-0.15, -0.1) is 0 Å². The number of aromatic nitrogens is 1. The predicted octanol–water partition coefficient (Wildman–Crippen LogP) is 1.95. The molecule has 3 atom stereocenters. The van der Waals surface area contributed by atoms with Gasteiger partial charge in [-0.3, -0.25) is 0 Å². The number of likely N-dealkylation sites (N-methyl/N-ethyl adjacent to an activating group) is 1. The Morgan fingerprint density at radius 3 is 2.93 bits per heavy atom. The fraction of sp³-hybridized carbons (Fsp3) is 0.591. The maximum absolute atomic E-state index is 9.78. The van der Waals surface area contributed by atoms with Crippen LogP contribution in [0, 0.1) is 17.4 Å². The third-order valence-corrected chi connectivity index (χ3v) is 7.25. The van der Waals surface area contributed by atoms with Crippen molar-refractivity contribution >= 4 is 10.9 Å². The van der Waals surface area contributed by atoms with Crippen molar-refractivity contribution in [2.24, 2.45) is 5.92 Å². The molecule has 3 aliphatic rings. The SMILES string of the molecule is C[N+]1(Cc2[nH]c3cccc4c3c2C[C@@H]2C4C[C@@H](CO)CN2C#N)CCOCC1. The number of nitrogens with one attached hydrogen (secondary N) is 1. The summed E-state index contributed by atoms with van der Waals surface area (Å²) in [5.41, 5.74) is 5.30. The van der Waals surface area contributed by atoms with Gasteiger partial charge in [0.15, 0.2) is 6.19 Å². The maximum atomic E-state index is 9.78. The Bertz CT molecular complexity index is 924. The van der Waals surface area contributed by atoms with Crippen molar-refractivity contribution in [2.75, 3.05) is 46.5 Å². The highest BCUT2D eigenvalue weighted by molar-refractivity contribution is 5.89. The zero-order valence-corrected chi connectivity index (χ0v) is 16.5. The molecule has 0 radical (unpaired) electrons. The molecule has 0 amide bonds. The highest BCUT2D eigenvalue weighted by atomic mass is 16.5. The summed E-state index contributed by atoms with van der Waals surface area (Å²) in [5, 5.41) is 20.9. The summed E-state index contributed by atoms with van der Waals surface area (Å²) in [7, 11) is 2.32. The molecule has 2 aliphatic heterocycles. The van der Waals surface area contributed by atoms with Crippen LogP contribution in [0.4, 0.5) is 0 Å². The predicted molar refractivity (Wildman–Crippen MR) is 106 cm³/mol. The van der Waals surface area contributed by atoms with Crippen molar-refractivity contribution in [3.63, 3.8) is 0 Å². The lowest BCUT2D eigenvalue weighted by atomic mass is 9.72. The molecule has 28 heavy (non-hydrogen) atoms. The van der Waals surface area contributed by atoms with Gasteiger partial charge in [0.25, 0.3) is 0 Å². The summed E-state index contributed by atoms with van der Waals surface area (Å²) in [4.78, 5) is 5.66. The van der Waals surface area contributed by atoms with Gasteiger partial charge in [-0.25, -0.2) is 0 Å². The number of hydrogen-bond acceptors (Lipinski definition) is 4. The maximum Gasteiger partial charge on any atom is 0.179 e. The number of piperidine rings is 1. The summed E-state index contributed by atoms with van der Waals surface area (Å²) in [6.07, 6.45) is 4.30. The Morgan fingerprint density at radius 1 is 1.36 bits per heavy atom. The van der Waals surface area contributed by atoms with E-state index in [1.54, 1.807) is 0 Å². The molecule has 0 spiro atoms. The Balaban J connectivity index is 1.58. The molecule has 1 aromatic carbocycles. The Morgan fingerprint density at radius 2 is 2.18 bits per heavy atom. The second-order valence-electron chi connectivity index (χ2n) is 9.10. The molecule has 0 bridgehead atoms. The molecule has 1 aliphatic carbocycles. The van der Waals surface area contributed by atoms with Gasteiger partial charge in [0.05, 0.1) is 32.0 Å². The molecule has 2 N–H and O–H groups in total. The molecule has 0 saturated carbocycles. The number of aliphatic hydroxyl groups excluding tert-OH is 1. The number of H-pyrrole nitrogens is 1. The van der Waals surface area contributed by atoms with E-state index in [1.165, 1.54) is 27.7 Å². The number of ether oxygens (including phenoxy) is 1. The van der Waals surface area contributed by atoms with E-state index in [0.29, 0.717) is 12.5 Å². The number of aromatic amines is 1. The second-order valence-corrected chi connectivity index (χ2v) is 9.10. The summed E-state index contributed by atoms with van der Waals surface area (Å²) < 4.78 is 6.58. The topological polar surface area (TPSA) is 72.3 Å². The average molecular weight is 382 g/mol. The lowest BCUT2D eigenvalue weighted by Crippen LogP contribution is -2.51. The minimum atomic E-state index is 0.153. The first-order valence-corrected chi connectivity index (χ1v) is 10.4. The standard InChI is InChI=1S/C22H29N4O2/c1-26(5-7-28-8-6-26)12-20-18-10-21-17(9-15(13-27)11-25(21)14-23)16-3-2-4-19(24-20)22(16)18/h2-4,15,17,21,24,27H,5-13H2,1H3/q+1/t15-,17?,21-/m1/s1. The fourth-order valence-electron chi connectivity index (χ4n) is 5.66. The summed E-state index contributed by atoms with van der Waals surface area (Å²) in [6, 6.07) is 6.75. The molecule has 1 aromatic heterocycles. The van der Waals surface area contributed by atoms with Crippen molar-refractivity contribution in [3.05, 3.63) is 35.0 Å². The van der Waals surface area contributed by atoms with Gasteiger partial charge in [0.1, 0.15) is 19.6 Å². The molecule has 2 fully saturated rings. The Kier molecular flexibility index (Phi) is 4.35. The van der Waals surface area contributed by atoms with E-state index < -0.39 is 0 Å². The van der Waals surface area contributed by atoms with E-state index in [4.69, 9.17) is 4.74 Å². The highest BCUT2D eigenvalue weighted by Gasteiger charge is 2.42. The molecule has 1 unspecified atom stereocenters. The number of rotatable bonds is 3. The number of nitrogens with zero attached hydrogens (tertiary/aromatic N) is 3. The Labute approximate surface area is 165 Å². The first-order valence-electron chi connectivity index (χ1n) is 10.4. The first-order chi connectivity index (χ1) is 13.6. The molecular formula is C22H29N4O2+. The lowest BCUT2D eigenvalue weighted by Gasteiger charge is -2.44. The summed E-state index contributed by atoms with van der Waals surface area (Å²) in [6.45, 7) is 5.53. The van der Waals surface area contributed by atoms with E-state index in [9.17, 15) is 10.4 Å². The van der Waals surface area contributed by atoms with Crippen molar-refractivity contribution in [3.8, 4) is 6.19 Å². The fourth-order valence-corrected chi connectivity index (χ4v) is 5.66. The summed E-state index contributed by atoms with van der Waals surface area (Å²) >= 11 is 0. The van der Waals surface area contributed by atoms with Crippen LogP contribution in [0.25, 0.3) is 10.9 Å². The molecule has 2 saturated heterocycles. The van der Waals surface area contributed by atoms with Crippen molar-refractivity contribution in [2.45, 2.75) is 31.3 Å². The highest BCUT2D eigenvalue weighted by Crippen LogP contribution is 2.45. The van der Waals surface area contributed by atoms with Gasteiger partial charge in [-0.05, 0) is 30.0 Å². The van der Waals surface area contributed by atoms with E-state index in [1.807, 2.05) is 4.90 Å². The lowest BCUT2D eigenvalue weighted by molar-refractivity contribution is -0.929. The van der Waals surface area contributed by atoms with Crippen LogP contribution < -0.4 is 0 Å². The summed E-state index contributed by atoms with van der Waals surface area (Å²) in [5.74, 6) is 0.493. The van der Waals surface area contributed by atoms with Gasteiger partial charge in [-0.1, -0.05) is 12.1 Å². The van der Waals surface area contributed by atoms with Crippen molar-refractivity contribution < 1.29 is 14.3 Å². The first kappa shape index (κ1) is 18.0. The van der Waals surface area contributed by atoms with E-state index in [0.717, 1.165) is 50.2 Å². The zero-order chi connectivity index (χ0) is 19.3. The van der Waals surface area contributed by atoms with Gasteiger partial charge in [0.2, 0.25) is 0 Å². The van der Waals surface area contributed by atoms with Crippen LogP contribution >= 0.6 is 0 Å². The van der Waals surface area contributed by atoms with Gasteiger partial charge >= 0.3 is 0 Å². The molecule has 5 rings (SSSR count). The number of morpholine rings is 1. The van der Waals surface area contributed by atoms with E-state index in [2.05, 4.69) is 36.4 Å². The average Bonchev–Trinajstić information content (AvgIpc) is 3.05. The second kappa shape index (κ2) is 6.77. The molecule has 6 heteroatoms. The van der Waals surface area contributed by atoms with E-state index in [-0.39, 0.29) is 18.6 Å². The van der Waals surface area contributed by atoms with Crippen LogP contribution in [-0.2, 0) is 17.7 Å². The Hall–Kier alpha value is -2.07. The van der Waals surface area contributed by atoms with Crippen LogP contribution in [0.3, 0.4) is 0 Å².